The van der Waals surface area contributed by atoms with E-state index >= 15 is 0 Å². The molecular weight excluding hydrogens is 407 g/mol. The number of piperidine rings is 1. The summed E-state index contributed by atoms with van der Waals surface area (Å²) in [6, 6.07) is 10.3. The molecule has 1 fully saturated rings. The highest BCUT2D eigenvalue weighted by Crippen LogP contribution is 2.27. The Morgan fingerprint density at radius 2 is 1.74 bits per heavy atom. The van der Waals surface area contributed by atoms with Gasteiger partial charge in [0.2, 0.25) is 5.91 Å². The van der Waals surface area contributed by atoms with E-state index in [1.807, 2.05) is 19.1 Å². The molecule has 0 bridgehead atoms. The van der Waals surface area contributed by atoms with E-state index in [-0.39, 0.29) is 17.7 Å². The van der Waals surface area contributed by atoms with Crippen LogP contribution in [0.5, 0.6) is 0 Å². The van der Waals surface area contributed by atoms with Gasteiger partial charge in [0.15, 0.2) is 0 Å². The summed E-state index contributed by atoms with van der Waals surface area (Å²) >= 11 is 18.1. The van der Waals surface area contributed by atoms with Crippen LogP contribution < -0.4 is 5.32 Å². The van der Waals surface area contributed by atoms with Crippen molar-refractivity contribution in [3.05, 3.63) is 62.6 Å². The predicted octanol–water partition coefficient (Wildman–Crippen LogP) is 5.45. The first-order valence-electron chi connectivity index (χ1n) is 8.67. The van der Waals surface area contributed by atoms with Crippen molar-refractivity contribution in [3.63, 3.8) is 0 Å². The van der Waals surface area contributed by atoms with Gasteiger partial charge in [0.25, 0.3) is 5.91 Å². The number of hydrogen-bond acceptors (Lipinski definition) is 2. The van der Waals surface area contributed by atoms with Crippen molar-refractivity contribution in [2.24, 2.45) is 5.92 Å². The van der Waals surface area contributed by atoms with Crippen LogP contribution in [0.1, 0.15) is 28.8 Å². The van der Waals surface area contributed by atoms with Gasteiger partial charge in [-0.3, -0.25) is 9.59 Å². The normalized spacial score (nSPS) is 14.9. The Kier molecular flexibility index (Phi) is 6.30. The number of halogens is 3. The molecule has 0 aromatic heterocycles. The van der Waals surface area contributed by atoms with Gasteiger partial charge in [-0.1, -0.05) is 40.9 Å². The van der Waals surface area contributed by atoms with Crippen LogP contribution in [0, 0.1) is 12.8 Å². The zero-order valence-corrected chi connectivity index (χ0v) is 17.0. The molecule has 0 aliphatic carbocycles. The summed E-state index contributed by atoms with van der Waals surface area (Å²) in [7, 11) is 0. The fourth-order valence-electron chi connectivity index (χ4n) is 3.16. The summed E-state index contributed by atoms with van der Waals surface area (Å²) in [4.78, 5) is 27.0. The largest absolute Gasteiger partial charge is 0.339 e. The van der Waals surface area contributed by atoms with Crippen molar-refractivity contribution in [1.29, 1.82) is 0 Å². The maximum Gasteiger partial charge on any atom is 0.255 e. The molecule has 2 amide bonds. The number of nitrogens with one attached hydrogen (secondary N) is 1. The number of benzene rings is 2. The zero-order valence-electron chi connectivity index (χ0n) is 14.8. The molecule has 1 N–H and O–H groups in total. The van der Waals surface area contributed by atoms with E-state index in [0.29, 0.717) is 46.6 Å². The predicted molar refractivity (Wildman–Crippen MR) is 110 cm³/mol. The van der Waals surface area contributed by atoms with Gasteiger partial charge in [0, 0.05) is 34.7 Å². The molecule has 0 saturated carbocycles. The van der Waals surface area contributed by atoms with E-state index in [9.17, 15) is 9.59 Å². The van der Waals surface area contributed by atoms with Gasteiger partial charge in [0.1, 0.15) is 0 Å². The standard InChI is InChI=1S/C20H19Cl3N2O2/c1-12-16(22)3-2-4-18(12)24-19(26)13-7-9-25(10-8-13)20(27)15-6-5-14(21)11-17(15)23/h2-6,11,13H,7-10H2,1H3,(H,24,26). The molecule has 0 spiro atoms. The van der Waals surface area contributed by atoms with Crippen LogP contribution in [0.15, 0.2) is 36.4 Å². The number of anilines is 1. The molecule has 2 aromatic rings. The second-order valence-corrected chi connectivity index (χ2v) is 7.84. The van der Waals surface area contributed by atoms with Gasteiger partial charge in [-0.15, -0.1) is 0 Å². The Labute approximate surface area is 173 Å². The first-order chi connectivity index (χ1) is 12.9. The topological polar surface area (TPSA) is 49.4 Å². The van der Waals surface area contributed by atoms with Crippen LogP contribution in [-0.4, -0.2) is 29.8 Å². The molecule has 0 atom stereocenters. The summed E-state index contributed by atoms with van der Waals surface area (Å²) in [5, 5.41) is 4.39. The third kappa shape index (κ3) is 4.57. The molecule has 142 valence electrons. The highest BCUT2D eigenvalue weighted by molar-refractivity contribution is 6.36. The van der Waals surface area contributed by atoms with Gasteiger partial charge in [-0.2, -0.15) is 0 Å². The quantitative estimate of drug-likeness (QED) is 0.711. The van der Waals surface area contributed by atoms with Gasteiger partial charge in [-0.25, -0.2) is 0 Å². The minimum absolute atomic E-state index is 0.0445. The van der Waals surface area contributed by atoms with E-state index in [2.05, 4.69) is 5.32 Å². The number of amides is 2. The van der Waals surface area contributed by atoms with Gasteiger partial charge in [-0.05, 0) is 55.7 Å². The van der Waals surface area contributed by atoms with Gasteiger partial charge in [0.05, 0.1) is 10.6 Å². The summed E-state index contributed by atoms with van der Waals surface area (Å²) in [5.41, 5.74) is 2.00. The van der Waals surface area contributed by atoms with Crippen LogP contribution in [-0.2, 0) is 4.79 Å². The lowest BCUT2D eigenvalue weighted by atomic mass is 9.95. The molecule has 7 heteroatoms. The summed E-state index contributed by atoms with van der Waals surface area (Å²) in [5.74, 6) is -0.327. The Morgan fingerprint density at radius 3 is 2.41 bits per heavy atom. The fraction of sp³-hybridized carbons (Fsp3) is 0.300. The summed E-state index contributed by atoms with van der Waals surface area (Å²) in [6.07, 6.45) is 1.20. The zero-order chi connectivity index (χ0) is 19.6. The molecule has 1 aliphatic rings. The minimum Gasteiger partial charge on any atom is -0.339 e. The smallest absolute Gasteiger partial charge is 0.255 e. The molecule has 27 heavy (non-hydrogen) atoms. The maximum absolute atomic E-state index is 12.7. The van der Waals surface area contributed by atoms with Crippen LogP contribution in [0.3, 0.4) is 0 Å². The van der Waals surface area contributed by atoms with Crippen molar-refractivity contribution in [2.75, 3.05) is 18.4 Å². The summed E-state index contributed by atoms with van der Waals surface area (Å²) < 4.78 is 0. The van der Waals surface area contributed by atoms with Crippen LogP contribution >= 0.6 is 34.8 Å². The average molecular weight is 426 g/mol. The van der Waals surface area contributed by atoms with E-state index < -0.39 is 0 Å². The molecular formula is C20H19Cl3N2O2. The molecule has 1 heterocycles. The Bertz CT molecular complexity index is 878. The highest BCUT2D eigenvalue weighted by Gasteiger charge is 2.28. The molecule has 1 saturated heterocycles. The van der Waals surface area contributed by atoms with E-state index in [4.69, 9.17) is 34.8 Å². The maximum atomic E-state index is 12.7. The molecule has 0 radical (unpaired) electrons. The first kappa shape index (κ1) is 20.0. The SMILES string of the molecule is Cc1c(Cl)cccc1NC(=O)C1CCN(C(=O)c2ccc(Cl)cc2Cl)CC1. The van der Waals surface area contributed by atoms with Crippen LogP contribution in [0.4, 0.5) is 5.69 Å². The molecule has 3 rings (SSSR count). The molecule has 1 aliphatic heterocycles. The van der Waals surface area contributed by atoms with Crippen molar-refractivity contribution in [3.8, 4) is 0 Å². The number of nitrogens with zero attached hydrogens (tertiary/aromatic N) is 1. The molecule has 4 nitrogen and oxygen atoms in total. The lowest BCUT2D eigenvalue weighted by Crippen LogP contribution is -2.41. The van der Waals surface area contributed by atoms with Gasteiger partial charge >= 0.3 is 0 Å². The van der Waals surface area contributed by atoms with Crippen molar-refractivity contribution in [2.45, 2.75) is 19.8 Å². The highest BCUT2D eigenvalue weighted by atomic mass is 35.5. The first-order valence-corrected chi connectivity index (χ1v) is 9.80. The molecule has 2 aromatic carbocycles. The van der Waals surface area contributed by atoms with Crippen molar-refractivity contribution < 1.29 is 9.59 Å². The Morgan fingerprint density at radius 1 is 1.04 bits per heavy atom. The lowest BCUT2D eigenvalue weighted by molar-refractivity contribution is -0.121. The van der Waals surface area contributed by atoms with E-state index in [1.54, 1.807) is 29.2 Å². The second-order valence-electron chi connectivity index (χ2n) is 6.59. The third-order valence-corrected chi connectivity index (χ3v) is 5.80. The fourth-order valence-corrected chi connectivity index (χ4v) is 3.82. The third-order valence-electron chi connectivity index (χ3n) is 4.84. The average Bonchev–Trinajstić information content (AvgIpc) is 2.65. The van der Waals surface area contributed by atoms with Crippen molar-refractivity contribution in [1.82, 2.24) is 4.90 Å². The summed E-state index contributed by atoms with van der Waals surface area (Å²) in [6.45, 7) is 2.88. The number of carbonyl (C=O) groups excluding carboxylic acids is 2. The minimum atomic E-state index is -0.145. The van der Waals surface area contributed by atoms with Crippen LogP contribution in [0.25, 0.3) is 0 Å². The molecule has 0 unspecified atom stereocenters. The number of carbonyl (C=O) groups is 2. The number of rotatable bonds is 3. The lowest BCUT2D eigenvalue weighted by Gasteiger charge is -2.31. The second kappa shape index (κ2) is 8.51. The number of hydrogen-bond donors (Lipinski definition) is 1. The van der Waals surface area contributed by atoms with Crippen LogP contribution in [0.2, 0.25) is 15.1 Å². The Hall–Kier alpha value is -1.75. The Balaban J connectivity index is 1.60. The number of likely N-dealkylation sites (tertiary alicyclic amines) is 1. The van der Waals surface area contributed by atoms with Gasteiger partial charge < -0.3 is 10.2 Å². The monoisotopic (exact) mass is 424 g/mol. The van der Waals surface area contributed by atoms with Crippen molar-refractivity contribution >= 4 is 52.3 Å². The van der Waals surface area contributed by atoms with E-state index in [0.717, 1.165) is 11.3 Å². The van der Waals surface area contributed by atoms with E-state index in [1.165, 1.54) is 0 Å².